The molecule has 1 aliphatic heterocycles. The molecule has 1 aliphatic rings. The number of amides is 1. The van der Waals surface area contributed by atoms with Crippen molar-refractivity contribution in [2.45, 2.75) is 39.3 Å². The second kappa shape index (κ2) is 6.78. The van der Waals surface area contributed by atoms with Crippen LogP contribution in [-0.4, -0.2) is 42.7 Å². The van der Waals surface area contributed by atoms with Crippen LogP contribution in [0.3, 0.4) is 0 Å². The molecule has 6 nitrogen and oxygen atoms in total. The Bertz CT molecular complexity index is 898. The first-order valence-corrected chi connectivity index (χ1v) is 9.04. The summed E-state index contributed by atoms with van der Waals surface area (Å²) in [6.45, 7) is 5.56. The van der Waals surface area contributed by atoms with Crippen molar-refractivity contribution < 1.29 is 4.79 Å². The van der Waals surface area contributed by atoms with E-state index in [9.17, 15) is 4.79 Å². The van der Waals surface area contributed by atoms with Gasteiger partial charge in [-0.2, -0.15) is 5.10 Å². The van der Waals surface area contributed by atoms with E-state index in [-0.39, 0.29) is 11.9 Å². The molecular formula is C20H23N5O. The smallest absolute Gasteiger partial charge is 0.256 e. The van der Waals surface area contributed by atoms with E-state index < -0.39 is 0 Å². The lowest BCUT2D eigenvalue weighted by molar-refractivity contribution is 0.0721. The molecule has 3 aromatic rings. The highest BCUT2D eigenvalue weighted by Gasteiger charge is 2.31. The third-order valence-electron chi connectivity index (χ3n) is 5.13. The molecule has 0 radical (unpaired) electrons. The monoisotopic (exact) mass is 349 g/mol. The van der Waals surface area contributed by atoms with E-state index in [1.165, 1.54) is 0 Å². The number of pyridine rings is 1. The highest BCUT2D eigenvalue weighted by Crippen LogP contribution is 2.25. The van der Waals surface area contributed by atoms with Crippen LogP contribution in [0.25, 0.3) is 5.82 Å². The van der Waals surface area contributed by atoms with Crippen molar-refractivity contribution >= 4 is 5.91 Å². The summed E-state index contributed by atoms with van der Waals surface area (Å²) in [6.07, 6.45) is 7.56. The second-order valence-corrected chi connectivity index (χ2v) is 6.83. The molecule has 1 fully saturated rings. The molecule has 0 N–H and O–H groups in total. The van der Waals surface area contributed by atoms with Crippen LogP contribution in [0.2, 0.25) is 0 Å². The van der Waals surface area contributed by atoms with Gasteiger partial charge in [0.15, 0.2) is 0 Å². The molecule has 0 aromatic carbocycles. The molecule has 4 heterocycles. The lowest BCUT2D eigenvalue weighted by Crippen LogP contribution is -2.38. The lowest BCUT2D eigenvalue weighted by atomic mass is 10.1. The Kier molecular flexibility index (Phi) is 4.32. The number of rotatable bonds is 4. The first-order chi connectivity index (χ1) is 12.6. The molecule has 1 amide bonds. The Morgan fingerprint density at radius 2 is 2.12 bits per heavy atom. The Balaban J connectivity index is 1.62. The van der Waals surface area contributed by atoms with Crippen LogP contribution in [-0.2, 0) is 6.54 Å². The summed E-state index contributed by atoms with van der Waals surface area (Å²) in [5, 5.41) is 4.29. The van der Waals surface area contributed by atoms with Gasteiger partial charge in [0.05, 0.1) is 18.2 Å². The van der Waals surface area contributed by atoms with E-state index >= 15 is 0 Å². The van der Waals surface area contributed by atoms with Crippen LogP contribution >= 0.6 is 0 Å². The molecular weight excluding hydrogens is 326 g/mol. The number of carbonyl (C=O) groups is 1. The van der Waals surface area contributed by atoms with Crippen LogP contribution in [0.1, 0.15) is 34.6 Å². The summed E-state index contributed by atoms with van der Waals surface area (Å²) in [6, 6.07) is 9.92. The van der Waals surface area contributed by atoms with Gasteiger partial charge in [0.25, 0.3) is 5.91 Å². The van der Waals surface area contributed by atoms with Crippen molar-refractivity contribution in [3.8, 4) is 5.82 Å². The van der Waals surface area contributed by atoms with Crippen molar-refractivity contribution in [3.63, 3.8) is 0 Å². The molecule has 4 rings (SSSR count). The summed E-state index contributed by atoms with van der Waals surface area (Å²) >= 11 is 0. The summed E-state index contributed by atoms with van der Waals surface area (Å²) in [7, 11) is 0. The van der Waals surface area contributed by atoms with Gasteiger partial charge in [0.2, 0.25) is 0 Å². The molecule has 1 saturated heterocycles. The molecule has 1 atom stereocenters. The molecule has 0 spiro atoms. The minimum Gasteiger partial charge on any atom is -0.334 e. The Morgan fingerprint density at radius 1 is 1.23 bits per heavy atom. The molecule has 26 heavy (non-hydrogen) atoms. The van der Waals surface area contributed by atoms with Gasteiger partial charge in [-0.1, -0.05) is 6.07 Å². The zero-order valence-corrected chi connectivity index (χ0v) is 15.2. The number of aromatic nitrogens is 4. The molecule has 6 heteroatoms. The SMILES string of the molecule is Cc1cc(C(=O)N2CCC[C@@H]2Cn2cccn2)c(C)n1-c1ccccn1. The molecule has 0 unspecified atom stereocenters. The zero-order valence-electron chi connectivity index (χ0n) is 15.2. The third-order valence-corrected chi connectivity index (χ3v) is 5.13. The number of hydrogen-bond donors (Lipinski definition) is 0. The first-order valence-electron chi connectivity index (χ1n) is 9.04. The lowest BCUT2D eigenvalue weighted by Gasteiger charge is -2.25. The van der Waals surface area contributed by atoms with Crippen LogP contribution in [0, 0.1) is 13.8 Å². The van der Waals surface area contributed by atoms with Gasteiger partial charge in [-0.3, -0.25) is 9.48 Å². The Hall–Kier alpha value is -2.89. The molecule has 0 saturated carbocycles. The van der Waals surface area contributed by atoms with Crippen LogP contribution in [0.15, 0.2) is 48.9 Å². The minimum atomic E-state index is 0.106. The maximum Gasteiger partial charge on any atom is 0.256 e. The molecule has 0 aliphatic carbocycles. The van der Waals surface area contributed by atoms with E-state index in [0.717, 1.165) is 48.7 Å². The van der Waals surface area contributed by atoms with Crippen molar-refractivity contribution in [2.75, 3.05) is 6.54 Å². The fourth-order valence-electron chi connectivity index (χ4n) is 3.89. The van der Waals surface area contributed by atoms with Gasteiger partial charge < -0.3 is 9.47 Å². The average Bonchev–Trinajstić information content (AvgIpc) is 3.37. The molecule has 134 valence electrons. The highest BCUT2D eigenvalue weighted by molar-refractivity contribution is 5.96. The number of hydrogen-bond acceptors (Lipinski definition) is 3. The van der Waals surface area contributed by atoms with Crippen molar-refractivity contribution in [1.82, 2.24) is 24.2 Å². The van der Waals surface area contributed by atoms with Gasteiger partial charge >= 0.3 is 0 Å². The fourth-order valence-corrected chi connectivity index (χ4v) is 3.89. The van der Waals surface area contributed by atoms with E-state index in [0.29, 0.717) is 0 Å². The number of aryl methyl sites for hydroxylation is 1. The zero-order chi connectivity index (χ0) is 18.1. The predicted molar refractivity (Wildman–Crippen MR) is 99.3 cm³/mol. The molecule has 3 aromatic heterocycles. The standard InChI is InChI=1S/C20H23N5O/c1-15-13-18(16(2)25(15)19-8-3-4-9-21-19)20(26)24-12-5-7-17(24)14-23-11-6-10-22-23/h3-4,6,8-11,13,17H,5,7,12,14H2,1-2H3/t17-/m1/s1. The van der Waals surface area contributed by atoms with Crippen LogP contribution in [0.5, 0.6) is 0 Å². The second-order valence-electron chi connectivity index (χ2n) is 6.83. The van der Waals surface area contributed by atoms with Gasteiger partial charge in [-0.25, -0.2) is 4.98 Å². The normalized spacial score (nSPS) is 17.0. The quantitative estimate of drug-likeness (QED) is 0.728. The Labute approximate surface area is 153 Å². The van der Waals surface area contributed by atoms with Gasteiger partial charge in [-0.05, 0) is 51.0 Å². The molecule has 0 bridgehead atoms. The van der Waals surface area contributed by atoms with Gasteiger partial charge in [0.1, 0.15) is 5.82 Å². The van der Waals surface area contributed by atoms with Crippen LogP contribution < -0.4 is 0 Å². The third kappa shape index (κ3) is 2.92. The summed E-state index contributed by atoms with van der Waals surface area (Å²) in [5.74, 6) is 0.950. The topological polar surface area (TPSA) is 56.0 Å². The maximum atomic E-state index is 13.3. The highest BCUT2D eigenvalue weighted by atomic mass is 16.2. The summed E-state index contributed by atoms with van der Waals surface area (Å²) in [4.78, 5) is 19.7. The van der Waals surface area contributed by atoms with Crippen molar-refractivity contribution in [2.24, 2.45) is 0 Å². The number of carbonyl (C=O) groups excluding carboxylic acids is 1. The summed E-state index contributed by atoms with van der Waals surface area (Å²) in [5.41, 5.74) is 2.73. The average molecular weight is 349 g/mol. The van der Waals surface area contributed by atoms with E-state index in [1.807, 2.05) is 64.5 Å². The minimum absolute atomic E-state index is 0.106. The number of nitrogens with zero attached hydrogens (tertiary/aromatic N) is 5. The number of likely N-dealkylation sites (tertiary alicyclic amines) is 1. The Morgan fingerprint density at radius 3 is 2.85 bits per heavy atom. The van der Waals surface area contributed by atoms with Crippen LogP contribution in [0.4, 0.5) is 0 Å². The van der Waals surface area contributed by atoms with E-state index in [1.54, 1.807) is 12.4 Å². The largest absolute Gasteiger partial charge is 0.334 e. The fraction of sp³-hybridized carbons (Fsp3) is 0.350. The summed E-state index contributed by atoms with van der Waals surface area (Å²) < 4.78 is 3.96. The van der Waals surface area contributed by atoms with E-state index in [4.69, 9.17) is 0 Å². The predicted octanol–water partition coefficient (Wildman–Crippen LogP) is 2.99. The van der Waals surface area contributed by atoms with Crippen molar-refractivity contribution in [1.29, 1.82) is 0 Å². The van der Waals surface area contributed by atoms with Gasteiger partial charge in [0, 0.05) is 36.5 Å². The van der Waals surface area contributed by atoms with E-state index in [2.05, 4.69) is 10.1 Å². The maximum absolute atomic E-state index is 13.3. The van der Waals surface area contributed by atoms with Crippen molar-refractivity contribution in [3.05, 3.63) is 65.9 Å². The van der Waals surface area contributed by atoms with Gasteiger partial charge in [-0.15, -0.1) is 0 Å². The first kappa shape index (κ1) is 16.6.